The first-order chi connectivity index (χ1) is 11.0. The Hall–Kier alpha value is -2.38. The minimum absolute atomic E-state index is 0.247. The molecule has 0 saturated carbocycles. The topological polar surface area (TPSA) is 78.9 Å². The smallest absolute Gasteiger partial charge is 0.308 e. The quantitative estimate of drug-likeness (QED) is 0.460. The fraction of sp³-hybridized carbons (Fsp3) is 0.188. The zero-order valence-electron chi connectivity index (χ0n) is 12.7. The maximum Gasteiger partial charge on any atom is 0.308 e. The number of rotatable bonds is 6. The van der Waals surface area contributed by atoms with Crippen molar-refractivity contribution in [1.29, 1.82) is 0 Å². The number of hydrogen-bond donors (Lipinski definition) is 0. The molecule has 0 fully saturated rings. The van der Waals surface area contributed by atoms with E-state index in [-0.39, 0.29) is 11.4 Å². The second-order valence-corrected chi connectivity index (χ2v) is 5.69. The van der Waals surface area contributed by atoms with Gasteiger partial charge in [-0.3, -0.25) is 9.00 Å². The van der Waals surface area contributed by atoms with Crippen LogP contribution in [0.3, 0.4) is 0 Å². The molecule has 2 aromatic rings. The van der Waals surface area contributed by atoms with Crippen LogP contribution >= 0.6 is 0 Å². The first-order valence-electron chi connectivity index (χ1n) is 6.79. The van der Waals surface area contributed by atoms with Crippen molar-refractivity contribution >= 4 is 22.9 Å². The number of ether oxygens (including phenoxy) is 2. The zero-order valence-corrected chi connectivity index (χ0v) is 13.5. The molecule has 0 bridgehead atoms. The standard InChI is InChI=1S/C16H17NO5S/c1-12(18)22-14-8-9-16(15(10-14)17(2)23(19)20)21-11-13-6-4-3-5-7-13/h3-10H,11H2,1-2H3,(H,19,20)/p-1. The lowest BCUT2D eigenvalue weighted by atomic mass is 10.2. The van der Waals surface area contributed by atoms with Crippen molar-refractivity contribution in [3.8, 4) is 11.5 Å². The Labute approximate surface area is 137 Å². The van der Waals surface area contributed by atoms with Crippen molar-refractivity contribution in [2.75, 3.05) is 11.4 Å². The molecule has 2 rings (SSSR count). The summed E-state index contributed by atoms with van der Waals surface area (Å²) in [6, 6.07) is 14.1. The summed E-state index contributed by atoms with van der Waals surface area (Å²) < 4.78 is 34.1. The van der Waals surface area contributed by atoms with Crippen LogP contribution in [-0.4, -0.2) is 21.8 Å². The molecule has 2 aromatic carbocycles. The van der Waals surface area contributed by atoms with E-state index < -0.39 is 17.2 Å². The van der Waals surface area contributed by atoms with Crippen LogP contribution in [0.15, 0.2) is 48.5 Å². The number of esters is 1. The highest BCUT2D eigenvalue weighted by Crippen LogP contribution is 2.33. The summed E-state index contributed by atoms with van der Waals surface area (Å²) in [5.74, 6) is 0.133. The minimum Gasteiger partial charge on any atom is -0.755 e. The van der Waals surface area contributed by atoms with Gasteiger partial charge in [-0.05, 0) is 17.7 Å². The molecule has 6 nitrogen and oxygen atoms in total. The number of carbonyl (C=O) groups excluding carboxylic acids is 1. The molecule has 23 heavy (non-hydrogen) atoms. The molecular formula is C16H16NO5S-. The molecule has 0 radical (unpaired) electrons. The first-order valence-corrected chi connectivity index (χ1v) is 7.83. The van der Waals surface area contributed by atoms with E-state index in [0.29, 0.717) is 12.4 Å². The summed E-state index contributed by atoms with van der Waals surface area (Å²) in [7, 11) is 1.38. The minimum atomic E-state index is -2.48. The summed E-state index contributed by atoms with van der Waals surface area (Å²) in [6.07, 6.45) is 0. The van der Waals surface area contributed by atoms with E-state index in [0.717, 1.165) is 9.87 Å². The third-order valence-corrected chi connectivity index (χ3v) is 3.64. The van der Waals surface area contributed by atoms with Crippen LogP contribution in [0.25, 0.3) is 0 Å². The Bertz CT molecular complexity index is 705. The fourth-order valence-electron chi connectivity index (χ4n) is 1.91. The maximum atomic E-state index is 11.2. The third-order valence-electron chi connectivity index (χ3n) is 2.99. The van der Waals surface area contributed by atoms with Crippen molar-refractivity contribution in [1.82, 2.24) is 0 Å². The zero-order chi connectivity index (χ0) is 16.8. The highest BCUT2D eigenvalue weighted by atomic mass is 32.2. The molecule has 1 unspecified atom stereocenters. The molecule has 0 aliphatic heterocycles. The van der Waals surface area contributed by atoms with E-state index >= 15 is 0 Å². The van der Waals surface area contributed by atoms with Gasteiger partial charge in [0.25, 0.3) is 0 Å². The molecule has 0 aliphatic rings. The van der Waals surface area contributed by atoms with Gasteiger partial charge in [0, 0.05) is 31.3 Å². The first kappa shape index (κ1) is 17.0. The average Bonchev–Trinajstić information content (AvgIpc) is 2.53. The maximum absolute atomic E-state index is 11.2. The molecular weight excluding hydrogens is 318 g/mol. The highest BCUT2D eigenvalue weighted by molar-refractivity contribution is 7.80. The lowest BCUT2D eigenvalue weighted by Crippen LogP contribution is -2.20. The molecule has 7 heteroatoms. The summed E-state index contributed by atoms with van der Waals surface area (Å²) in [6.45, 7) is 1.56. The molecule has 0 saturated heterocycles. The van der Waals surface area contributed by atoms with Crippen molar-refractivity contribution in [3.63, 3.8) is 0 Å². The van der Waals surface area contributed by atoms with Gasteiger partial charge in [-0.25, -0.2) is 0 Å². The molecule has 122 valence electrons. The Morgan fingerprint density at radius 3 is 2.52 bits per heavy atom. The van der Waals surface area contributed by atoms with Gasteiger partial charge in [-0.2, -0.15) is 0 Å². The van der Waals surface area contributed by atoms with Gasteiger partial charge in [0.05, 0.1) is 5.69 Å². The van der Waals surface area contributed by atoms with Gasteiger partial charge in [-0.15, -0.1) is 0 Å². The van der Waals surface area contributed by atoms with Crippen LogP contribution < -0.4 is 13.8 Å². The van der Waals surface area contributed by atoms with Crippen LogP contribution in [0.5, 0.6) is 11.5 Å². The second kappa shape index (κ2) is 7.75. The Balaban J connectivity index is 2.26. The van der Waals surface area contributed by atoms with E-state index in [1.54, 1.807) is 12.1 Å². The number of hydrogen-bond acceptors (Lipinski definition) is 5. The summed E-state index contributed by atoms with van der Waals surface area (Å²) in [5.41, 5.74) is 1.24. The Kier molecular flexibility index (Phi) is 5.72. The lowest BCUT2D eigenvalue weighted by Gasteiger charge is -2.24. The Morgan fingerprint density at radius 1 is 1.22 bits per heavy atom. The van der Waals surface area contributed by atoms with Crippen LogP contribution in [0, 0.1) is 0 Å². The number of benzene rings is 2. The van der Waals surface area contributed by atoms with E-state index in [4.69, 9.17) is 9.47 Å². The lowest BCUT2D eigenvalue weighted by molar-refractivity contribution is -0.131. The average molecular weight is 334 g/mol. The molecule has 0 aromatic heterocycles. The largest absolute Gasteiger partial charge is 0.755 e. The number of nitrogens with zero attached hydrogens (tertiary/aromatic N) is 1. The van der Waals surface area contributed by atoms with Crippen molar-refractivity contribution < 1.29 is 23.0 Å². The van der Waals surface area contributed by atoms with Gasteiger partial charge < -0.3 is 18.3 Å². The van der Waals surface area contributed by atoms with E-state index in [1.165, 1.54) is 20.0 Å². The molecule has 0 aliphatic carbocycles. The molecule has 0 N–H and O–H groups in total. The van der Waals surface area contributed by atoms with Gasteiger partial charge in [0.2, 0.25) is 0 Å². The van der Waals surface area contributed by atoms with Crippen LogP contribution in [0.4, 0.5) is 5.69 Å². The third kappa shape index (κ3) is 4.80. The van der Waals surface area contributed by atoms with Crippen LogP contribution in [0.1, 0.15) is 12.5 Å². The van der Waals surface area contributed by atoms with Gasteiger partial charge >= 0.3 is 5.97 Å². The molecule has 1 atom stereocenters. The molecule has 0 amide bonds. The summed E-state index contributed by atoms with van der Waals surface area (Å²) >= 11 is -2.48. The van der Waals surface area contributed by atoms with Crippen LogP contribution in [-0.2, 0) is 22.7 Å². The molecule has 0 spiro atoms. The fourth-order valence-corrected chi connectivity index (χ4v) is 2.21. The van der Waals surface area contributed by atoms with Crippen molar-refractivity contribution in [2.45, 2.75) is 13.5 Å². The van der Waals surface area contributed by atoms with E-state index in [2.05, 4.69) is 0 Å². The Morgan fingerprint density at radius 2 is 1.91 bits per heavy atom. The predicted octanol–water partition coefficient (Wildman–Crippen LogP) is 2.42. The predicted molar refractivity (Wildman–Crippen MR) is 85.8 cm³/mol. The van der Waals surface area contributed by atoms with Crippen molar-refractivity contribution in [3.05, 3.63) is 54.1 Å². The van der Waals surface area contributed by atoms with Gasteiger partial charge in [0.1, 0.15) is 18.1 Å². The number of carbonyl (C=O) groups is 1. The number of anilines is 1. The summed E-state index contributed by atoms with van der Waals surface area (Å²) in [4.78, 5) is 11.0. The second-order valence-electron chi connectivity index (χ2n) is 4.71. The SMILES string of the molecule is CC(=O)Oc1ccc(OCc2ccccc2)c(N(C)S(=O)[O-])c1. The highest BCUT2D eigenvalue weighted by Gasteiger charge is 2.12. The van der Waals surface area contributed by atoms with Gasteiger partial charge in [-0.1, -0.05) is 30.3 Å². The monoisotopic (exact) mass is 334 g/mol. The van der Waals surface area contributed by atoms with E-state index in [9.17, 15) is 13.6 Å². The molecule has 0 heterocycles. The van der Waals surface area contributed by atoms with E-state index in [1.807, 2.05) is 30.3 Å². The normalized spacial score (nSPS) is 11.6. The van der Waals surface area contributed by atoms with Crippen molar-refractivity contribution in [2.24, 2.45) is 0 Å². The van der Waals surface area contributed by atoms with Crippen LogP contribution in [0.2, 0.25) is 0 Å². The van der Waals surface area contributed by atoms with Gasteiger partial charge in [0.15, 0.2) is 0 Å². The summed E-state index contributed by atoms with van der Waals surface area (Å²) in [5, 5.41) is 0.